The maximum atomic E-state index is 11.7. The smallest absolute Gasteiger partial charge is 0.274 e. The zero-order chi connectivity index (χ0) is 12.3. The van der Waals surface area contributed by atoms with E-state index >= 15 is 0 Å². The van der Waals surface area contributed by atoms with E-state index in [1.807, 2.05) is 0 Å². The minimum absolute atomic E-state index is 0.196. The molecule has 0 saturated carbocycles. The molecule has 0 aromatic carbocycles. The molecule has 2 heterocycles. The first-order valence-corrected chi connectivity index (χ1v) is 5.54. The summed E-state index contributed by atoms with van der Waals surface area (Å²) < 4.78 is 3.33. The van der Waals surface area contributed by atoms with Crippen LogP contribution in [0.4, 0.5) is 5.69 Å². The fraction of sp³-hybridized carbons (Fsp3) is 0.364. The number of nitrogen functional groups attached to an aromatic ring is 1. The number of nitrogens with zero attached hydrogens (tertiary/aromatic N) is 4. The van der Waals surface area contributed by atoms with Crippen molar-refractivity contribution in [2.45, 2.75) is 26.4 Å². The monoisotopic (exact) mass is 233 g/mol. The molecule has 0 fully saturated rings. The second-order valence-electron chi connectivity index (χ2n) is 3.80. The van der Waals surface area contributed by atoms with E-state index in [1.54, 1.807) is 23.0 Å². The summed E-state index contributed by atoms with van der Waals surface area (Å²) in [6.07, 6.45) is 4.17. The largest absolute Gasteiger partial charge is 0.394 e. The van der Waals surface area contributed by atoms with E-state index in [4.69, 9.17) is 5.73 Å². The van der Waals surface area contributed by atoms with Crippen molar-refractivity contribution in [3.63, 3.8) is 0 Å². The van der Waals surface area contributed by atoms with Crippen LogP contribution < -0.4 is 11.3 Å². The van der Waals surface area contributed by atoms with E-state index in [-0.39, 0.29) is 11.2 Å². The van der Waals surface area contributed by atoms with Crippen LogP contribution in [-0.4, -0.2) is 19.3 Å². The minimum Gasteiger partial charge on any atom is -0.394 e. The van der Waals surface area contributed by atoms with Crippen molar-refractivity contribution in [1.82, 2.24) is 19.3 Å². The number of anilines is 1. The Bertz CT molecular complexity index is 557. The molecule has 2 aromatic rings. The molecule has 17 heavy (non-hydrogen) atoms. The lowest BCUT2D eigenvalue weighted by Gasteiger charge is -2.07. The van der Waals surface area contributed by atoms with Gasteiger partial charge in [0, 0.05) is 12.7 Å². The van der Waals surface area contributed by atoms with E-state index < -0.39 is 0 Å². The van der Waals surface area contributed by atoms with Crippen LogP contribution in [0, 0.1) is 0 Å². The van der Waals surface area contributed by atoms with Crippen LogP contribution in [0.15, 0.2) is 29.5 Å². The molecule has 2 N–H and O–H groups in total. The number of rotatable bonds is 4. The quantitative estimate of drug-likeness (QED) is 0.833. The molecule has 90 valence electrons. The molecule has 0 amide bonds. The van der Waals surface area contributed by atoms with Crippen LogP contribution in [0.2, 0.25) is 0 Å². The summed E-state index contributed by atoms with van der Waals surface area (Å²) in [6.45, 7) is 3.26. The summed E-state index contributed by atoms with van der Waals surface area (Å²) in [5, 5.41) is 4.11. The first-order valence-electron chi connectivity index (χ1n) is 5.54. The van der Waals surface area contributed by atoms with E-state index in [9.17, 15) is 4.79 Å². The van der Waals surface area contributed by atoms with Crippen LogP contribution in [0.25, 0.3) is 0 Å². The Morgan fingerprint density at radius 1 is 1.47 bits per heavy atom. The second-order valence-corrected chi connectivity index (χ2v) is 3.80. The van der Waals surface area contributed by atoms with E-state index in [2.05, 4.69) is 17.0 Å². The standard InChI is InChI=1S/C11H15N5O/c1-2-5-16-10(13-8-14-16)7-15-6-3-4-9(12)11(15)17/h3-4,6,8H,2,5,7,12H2,1H3. The van der Waals surface area contributed by atoms with Gasteiger partial charge < -0.3 is 10.3 Å². The molecule has 0 aliphatic carbocycles. The topological polar surface area (TPSA) is 78.7 Å². The average Bonchev–Trinajstić information content (AvgIpc) is 2.73. The van der Waals surface area contributed by atoms with Crippen LogP contribution in [-0.2, 0) is 13.1 Å². The van der Waals surface area contributed by atoms with Gasteiger partial charge in [0.25, 0.3) is 5.56 Å². The lowest BCUT2D eigenvalue weighted by Crippen LogP contribution is -2.24. The second kappa shape index (κ2) is 4.82. The fourth-order valence-corrected chi connectivity index (χ4v) is 1.64. The van der Waals surface area contributed by atoms with Gasteiger partial charge in [0.05, 0.1) is 12.2 Å². The molecule has 0 aliphatic heterocycles. The van der Waals surface area contributed by atoms with Gasteiger partial charge in [-0.15, -0.1) is 0 Å². The number of hydrogen-bond donors (Lipinski definition) is 1. The molecule has 0 spiro atoms. The van der Waals surface area contributed by atoms with Gasteiger partial charge in [-0.2, -0.15) is 5.10 Å². The van der Waals surface area contributed by atoms with Gasteiger partial charge in [-0.25, -0.2) is 9.67 Å². The summed E-state index contributed by atoms with van der Waals surface area (Å²) in [4.78, 5) is 15.9. The predicted octanol–water partition coefficient (Wildman–Crippen LogP) is 0.480. The Hall–Kier alpha value is -2.11. The third kappa shape index (κ3) is 2.35. The summed E-state index contributed by atoms with van der Waals surface area (Å²) in [5.74, 6) is 0.763. The SMILES string of the molecule is CCCn1ncnc1Cn1cccc(N)c1=O. The molecule has 2 aromatic heterocycles. The van der Waals surface area contributed by atoms with Gasteiger partial charge in [0.2, 0.25) is 0 Å². The molecule has 0 bridgehead atoms. The molecule has 0 aliphatic rings. The molecular formula is C11H15N5O. The van der Waals surface area contributed by atoms with Gasteiger partial charge in [0.15, 0.2) is 0 Å². The Labute approximate surface area is 98.7 Å². The highest BCUT2D eigenvalue weighted by atomic mass is 16.1. The molecule has 6 nitrogen and oxygen atoms in total. The molecule has 0 radical (unpaired) electrons. The first kappa shape index (κ1) is 11.4. The molecule has 6 heteroatoms. The van der Waals surface area contributed by atoms with E-state index in [0.717, 1.165) is 18.8 Å². The first-order chi connectivity index (χ1) is 8.22. The Balaban J connectivity index is 2.28. The van der Waals surface area contributed by atoms with E-state index in [0.29, 0.717) is 6.54 Å². The van der Waals surface area contributed by atoms with Gasteiger partial charge in [-0.05, 0) is 18.6 Å². The van der Waals surface area contributed by atoms with Gasteiger partial charge in [0.1, 0.15) is 12.2 Å². The number of hydrogen-bond acceptors (Lipinski definition) is 4. The maximum Gasteiger partial charge on any atom is 0.274 e. The number of pyridine rings is 1. The van der Waals surface area contributed by atoms with Crippen LogP contribution in [0.3, 0.4) is 0 Å². The highest BCUT2D eigenvalue weighted by molar-refractivity contribution is 5.33. The van der Waals surface area contributed by atoms with Crippen molar-refractivity contribution >= 4 is 5.69 Å². The number of aryl methyl sites for hydroxylation is 1. The Kier molecular flexibility index (Phi) is 3.22. The van der Waals surface area contributed by atoms with Crippen LogP contribution >= 0.6 is 0 Å². The summed E-state index contributed by atoms with van der Waals surface area (Å²) in [7, 11) is 0. The molecule has 0 atom stereocenters. The average molecular weight is 233 g/mol. The van der Waals surface area contributed by atoms with Crippen LogP contribution in [0.5, 0.6) is 0 Å². The lowest BCUT2D eigenvalue weighted by molar-refractivity contribution is 0.551. The van der Waals surface area contributed by atoms with Crippen molar-refractivity contribution in [3.8, 4) is 0 Å². The van der Waals surface area contributed by atoms with Crippen molar-refractivity contribution < 1.29 is 0 Å². The van der Waals surface area contributed by atoms with Gasteiger partial charge in [-0.1, -0.05) is 6.92 Å². The zero-order valence-corrected chi connectivity index (χ0v) is 9.71. The Morgan fingerprint density at radius 2 is 2.29 bits per heavy atom. The normalized spacial score (nSPS) is 10.6. The van der Waals surface area contributed by atoms with Crippen molar-refractivity contribution in [2.75, 3.05) is 5.73 Å². The van der Waals surface area contributed by atoms with Crippen molar-refractivity contribution in [1.29, 1.82) is 0 Å². The van der Waals surface area contributed by atoms with Crippen molar-refractivity contribution in [2.24, 2.45) is 0 Å². The van der Waals surface area contributed by atoms with Crippen LogP contribution in [0.1, 0.15) is 19.2 Å². The molecular weight excluding hydrogens is 218 g/mol. The van der Waals surface area contributed by atoms with Gasteiger partial charge in [-0.3, -0.25) is 4.79 Å². The third-order valence-electron chi connectivity index (χ3n) is 2.49. The third-order valence-corrected chi connectivity index (χ3v) is 2.49. The highest BCUT2D eigenvalue weighted by Gasteiger charge is 2.06. The Morgan fingerprint density at radius 3 is 3.06 bits per heavy atom. The zero-order valence-electron chi connectivity index (χ0n) is 9.71. The molecule has 2 rings (SSSR count). The summed E-state index contributed by atoms with van der Waals surface area (Å²) in [5.41, 5.74) is 5.62. The van der Waals surface area contributed by atoms with Crippen molar-refractivity contribution in [3.05, 3.63) is 40.8 Å². The molecule has 0 unspecified atom stereocenters. The minimum atomic E-state index is -0.196. The summed E-state index contributed by atoms with van der Waals surface area (Å²) >= 11 is 0. The molecule has 0 saturated heterocycles. The van der Waals surface area contributed by atoms with E-state index in [1.165, 1.54) is 10.9 Å². The fourth-order valence-electron chi connectivity index (χ4n) is 1.64. The lowest BCUT2D eigenvalue weighted by atomic mass is 10.4. The predicted molar refractivity (Wildman–Crippen MR) is 64.5 cm³/mol. The number of nitrogens with two attached hydrogens (primary N) is 1. The maximum absolute atomic E-state index is 11.7. The van der Waals surface area contributed by atoms with Gasteiger partial charge >= 0.3 is 0 Å². The number of aromatic nitrogens is 4. The highest BCUT2D eigenvalue weighted by Crippen LogP contribution is 2.00. The summed E-state index contributed by atoms with van der Waals surface area (Å²) in [6, 6.07) is 3.34.